The van der Waals surface area contributed by atoms with Gasteiger partial charge in [-0.05, 0) is 29.8 Å². The molecular formula is C19H21N3O5. The Morgan fingerprint density at radius 3 is 2.78 bits per heavy atom. The Balaban J connectivity index is 1.65. The van der Waals surface area contributed by atoms with Crippen molar-refractivity contribution in [3.8, 4) is 11.5 Å². The molecule has 8 nitrogen and oxygen atoms in total. The minimum absolute atomic E-state index is 0.0876. The van der Waals surface area contributed by atoms with Crippen molar-refractivity contribution < 1.29 is 23.8 Å². The van der Waals surface area contributed by atoms with E-state index in [0.717, 1.165) is 5.56 Å². The summed E-state index contributed by atoms with van der Waals surface area (Å²) in [5.74, 6) is 0.601. The molecule has 142 valence electrons. The van der Waals surface area contributed by atoms with Gasteiger partial charge in [0.2, 0.25) is 12.7 Å². The lowest BCUT2D eigenvalue weighted by Crippen LogP contribution is -2.39. The summed E-state index contributed by atoms with van der Waals surface area (Å²) in [5, 5.41) is 5.50. The Labute approximate surface area is 156 Å². The van der Waals surface area contributed by atoms with Crippen LogP contribution in [0, 0.1) is 0 Å². The predicted molar refractivity (Wildman–Crippen MR) is 98.7 cm³/mol. The van der Waals surface area contributed by atoms with Crippen molar-refractivity contribution in [3.63, 3.8) is 0 Å². The van der Waals surface area contributed by atoms with Gasteiger partial charge in [-0.1, -0.05) is 18.2 Å². The van der Waals surface area contributed by atoms with E-state index in [1.54, 1.807) is 30.3 Å². The third-order valence-electron chi connectivity index (χ3n) is 4.00. The number of amides is 2. The molecule has 8 heteroatoms. The Morgan fingerprint density at radius 2 is 1.96 bits per heavy atom. The number of carbonyl (C=O) groups is 2. The van der Waals surface area contributed by atoms with E-state index < -0.39 is 11.9 Å². The van der Waals surface area contributed by atoms with E-state index in [2.05, 4.69) is 10.6 Å². The van der Waals surface area contributed by atoms with Crippen LogP contribution >= 0.6 is 0 Å². The van der Waals surface area contributed by atoms with Crippen molar-refractivity contribution >= 4 is 17.5 Å². The van der Waals surface area contributed by atoms with Crippen molar-refractivity contribution in [2.45, 2.75) is 12.6 Å². The normalized spacial score (nSPS) is 13.1. The van der Waals surface area contributed by atoms with Gasteiger partial charge in [0.15, 0.2) is 11.5 Å². The van der Waals surface area contributed by atoms with Crippen LogP contribution in [-0.4, -0.2) is 38.4 Å². The third kappa shape index (κ3) is 4.55. The molecule has 1 atom stereocenters. The second-order valence-electron chi connectivity index (χ2n) is 5.97. The average Bonchev–Trinajstić information content (AvgIpc) is 3.14. The van der Waals surface area contributed by atoms with Crippen LogP contribution in [0.4, 0.5) is 5.69 Å². The molecule has 1 aliphatic rings. The van der Waals surface area contributed by atoms with Crippen LogP contribution in [0.1, 0.15) is 15.9 Å². The Bertz CT molecular complexity index is 840. The van der Waals surface area contributed by atoms with Gasteiger partial charge < -0.3 is 30.6 Å². The summed E-state index contributed by atoms with van der Waals surface area (Å²) in [4.78, 5) is 24.7. The van der Waals surface area contributed by atoms with Crippen LogP contribution in [0.25, 0.3) is 0 Å². The molecular weight excluding hydrogens is 350 g/mol. The van der Waals surface area contributed by atoms with E-state index in [0.29, 0.717) is 29.3 Å². The van der Waals surface area contributed by atoms with E-state index in [1.807, 2.05) is 12.1 Å². The average molecular weight is 371 g/mol. The van der Waals surface area contributed by atoms with Gasteiger partial charge in [0, 0.05) is 13.7 Å². The molecule has 27 heavy (non-hydrogen) atoms. The van der Waals surface area contributed by atoms with Gasteiger partial charge in [0.05, 0.1) is 17.9 Å². The molecule has 2 aromatic rings. The smallest absolute Gasteiger partial charge is 0.253 e. The van der Waals surface area contributed by atoms with Crippen LogP contribution in [0.2, 0.25) is 0 Å². The summed E-state index contributed by atoms with van der Waals surface area (Å²) in [6, 6.07) is 11.4. The molecule has 3 rings (SSSR count). The molecule has 0 saturated heterocycles. The summed E-state index contributed by atoms with van der Waals surface area (Å²) < 4.78 is 15.5. The van der Waals surface area contributed by atoms with Crippen LogP contribution in [-0.2, 0) is 16.1 Å². The number of hydrogen-bond donors (Lipinski definition) is 3. The monoisotopic (exact) mass is 371 g/mol. The zero-order valence-corrected chi connectivity index (χ0v) is 14.9. The lowest BCUT2D eigenvalue weighted by atomic mass is 10.1. The van der Waals surface area contributed by atoms with E-state index in [4.69, 9.17) is 19.9 Å². The number of fused-ring (bicyclic) bond motifs is 1. The summed E-state index contributed by atoms with van der Waals surface area (Å²) in [7, 11) is 1.46. The number of nitrogens with two attached hydrogens (primary N) is 1. The second kappa shape index (κ2) is 8.52. The molecule has 0 aliphatic carbocycles. The topological polar surface area (TPSA) is 112 Å². The van der Waals surface area contributed by atoms with Gasteiger partial charge in [-0.3, -0.25) is 9.59 Å². The van der Waals surface area contributed by atoms with Crippen LogP contribution in [0.15, 0.2) is 42.5 Å². The van der Waals surface area contributed by atoms with Crippen molar-refractivity contribution in [2.75, 3.05) is 25.8 Å². The van der Waals surface area contributed by atoms with Crippen LogP contribution in [0.3, 0.4) is 0 Å². The minimum atomic E-state index is -0.820. The lowest BCUT2D eigenvalue weighted by molar-refractivity contribution is -0.118. The Morgan fingerprint density at radius 1 is 1.19 bits per heavy atom. The summed E-state index contributed by atoms with van der Waals surface area (Å²) in [5.41, 5.74) is 7.32. The van der Waals surface area contributed by atoms with E-state index >= 15 is 0 Å². The molecule has 2 amide bonds. The molecule has 0 fully saturated rings. The predicted octanol–water partition coefficient (Wildman–Crippen LogP) is 1.26. The molecule has 0 saturated carbocycles. The number of para-hydroxylation sites is 1. The Kier molecular flexibility index (Phi) is 5.90. The number of hydrogen-bond acceptors (Lipinski definition) is 6. The fraction of sp³-hybridized carbons (Fsp3) is 0.263. The Hall–Kier alpha value is -3.10. The van der Waals surface area contributed by atoms with Crippen molar-refractivity contribution in [1.82, 2.24) is 5.32 Å². The molecule has 0 radical (unpaired) electrons. The SMILES string of the molecule is COCC(N)C(=O)Nc1ccccc1C(=O)NCc1ccc2c(c1)OCO2. The van der Waals surface area contributed by atoms with Crippen LogP contribution < -0.4 is 25.8 Å². The first-order valence-corrected chi connectivity index (χ1v) is 8.39. The second-order valence-corrected chi connectivity index (χ2v) is 5.97. The van der Waals surface area contributed by atoms with Crippen molar-refractivity contribution in [2.24, 2.45) is 5.73 Å². The number of rotatable bonds is 7. The number of nitrogens with one attached hydrogen (secondary N) is 2. The summed E-state index contributed by atoms with van der Waals surface area (Å²) in [6.07, 6.45) is 0. The first kappa shape index (κ1) is 18.7. The molecule has 1 unspecified atom stereocenters. The highest BCUT2D eigenvalue weighted by atomic mass is 16.7. The number of anilines is 1. The minimum Gasteiger partial charge on any atom is -0.454 e. The van der Waals surface area contributed by atoms with E-state index in [9.17, 15) is 9.59 Å². The van der Waals surface area contributed by atoms with Crippen molar-refractivity contribution in [1.29, 1.82) is 0 Å². The molecule has 1 aliphatic heterocycles. The largest absolute Gasteiger partial charge is 0.454 e. The number of benzene rings is 2. The number of methoxy groups -OCH3 is 1. The molecule has 1 heterocycles. The maximum atomic E-state index is 12.6. The standard InChI is InChI=1S/C19H21N3O5/c1-25-10-14(20)19(24)22-15-5-3-2-4-13(15)18(23)21-9-12-6-7-16-17(8-12)27-11-26-16/h2-8,14H,9-11,20H2,1H3,(H,21,23)(H,22,24). The van der Waals surface area contributed by atoms with Crippen LogP contribution in [0.5, 0.6) is 11.5 Å². The summed E-state index contributed by atoms with van der Waals surface area (Å²) >= 11 is 0. The lowest BCUT2D eigenvalue weighted by Gasteiger charge is -2.14. The zero-order chi connectivity index (χ0) is 19.2. The van der Waals surface area contributed by atoms with Gasteiger partial charge >= 0.3 is 0 Å². The maximum Gasteiger partial charge on any atom is 0.253 e. The maximum absolute atomic E-state index is 12.6. The first-order chi connectivity index (χ1) is 13.1. The quantitative estimate of drug-likeness (QED) is 0.676. The van der Waals surface area contributed by atoms with E-state index in [-0.39, 0.29) is 19.3 Å². The fourth-order valence-electron chi connectivity index (χ4n) is 2.60. The summed E-state index contributed by atoms with van der Waals surface area (Å²) in [6.45, 7) is 0.592. The van der Waals surface area contributed by atoms with Crippen molar-refractivity contribution in [3.05, 3.63) is 53.6 Å². The molecule has 4 N–H and O–H groups in total. The number of ether oxygens (including phenoxy) is 3. The molecule has 2 aromatic carbocycles. The highest BCUT2D eigenvalue weighted by molar-refractivity contribution is 6.04. The third-order valence-corrected chi connectivity index (χ3v) is 4.00. The highest BCUT2D eigenvalue weighted by Crippen LogP contribution is 2.32. The van der Waals surface area contributed by atoms with Gasteiger partial charge in [-0.15, -0.1) is 0 Å². The van der Waals surface area contributed by atoms with E-state index in [1.165, 1.54) is 7.11 Å². The molecule has 0 bridgehead atoms. The first-order valence-electron chi connectivity index (χ1n) is 8.39. The van der Waals surface area contributed by atoms with Gasteiger partial charge in [0.25, 0.3) is 5.91 Å². The zero-order valence-electron chi connectivity index (χ0n) is 14.9. The van der Waals surface area contributed by atoms with Gasteiger partial charge in [-0.2, -0.15) is 0 Å². The number of carbonyl (C=O) groups excluding carboxylic acids is 2. The molecule has 0 aromatic heterocycles. The molecule has 0 spiro atoms. The fourth-order valence-corrected chi connectivity index (χ4v) is 2.60. The van der Waals surface area contributed by atoms with Gasteiger partial charge in [-0.25, -0.2) is 0 Å². The highest BCUT2D eigenvalue weighted by Gasteiger charge is 2.18. The van der Waals surface area contributed by atoms with Gasteiger partial charge in [0.1, 0.15) is 6.04 Å².